The molecule has 2 heterocycles. The molecule has 0 unspecified atom stereocenters. The van der Waals surface area contributed by atoms with Crippen molar-refractivity contribution in [2.75, 3.05) is 6.54 Å². The van der Waals surface area contributed by atoms with E-state index in [0.29, 0.717) is 22.0 Å². The first-order valence-electron chi connectivity index (χ1n) is 8.30. The second-order valence-corrected chi connectivity index (χ2v) is 7.01. The number of nitrogens with zero attached hydrogens (tertiary/aromatic N) is 3. The van der Waals surface area contributed by atoms with Crippen LogP contribution in [0.2, 0.25) is 10.2 Å². The maximum Gasteiger partial charge on any atom is 0.253 e. The highest BCUT2D eigenvalue weighted by atomic mass is 35.5. The van der Waals surface area contributed by atoms with E-state index in [9.17, 15) is 13.6 Å². The van der Waals surface area contributed by atoms with Gasteiger partial charge in [0.15, 0.2) is 17.5 Å². The predicted molar refractivity (Wildman–Crippen MR) is 103 cm³/mol. The highest BCUT2D eigenvalue weighted by Crippen LogP contribution is 2.25. The molecule has 6 nitrogen and oxygen atoms in total. The summed E-state index contributed by atoms with van der Waals surface area (Å²) in [5.74, 6) is -1.77. The lowest BCUT2D eigenvalue weighted by Gasteiger charge is -2.16. The minimum atomic E-state index is -0.948. The second-order valence-electron chi connectivity index (χ2n) is 6.22. The minimum Gasteiger partial charge on any atom is -0.348 e. The Balaban J connectivity index is 1.76. The molecule has 3 rings (SSSR count). The van der Waals surface area contributed by atoms with Crippen LogP contribution in [0.15, 0.2) is 36.7 Å². The summed E-state index contributed by atoms with van der Waals surface area (Å²) >= 11 is 12.4. The fraction of sp³-hybridized carbons (Fsp3) is 0.222. The zero-order valence-electron chi connectivity index (χ0n) is 14.8. The number of carbonyl (C=O) groups excluding carboxylic acids is 1. The molecule has 1 amide bonds. The van der Waals surface area contributed by atoms with Crippen molar-refractivity contribution in [2.45, 2.75) is 12.5 Å². The van der Waals surface area contributed by atoms with Crippen LogP contribution >= 0.6 is 23.2 Å². The quantitative estimate of drug-likeness (QED) is 0.634. The highest BCUT2D eigenvalue weighted by Gasteiger charge is 2.19. The number of benzene rings is 1. The van der Waals surface area contributed by atoms with Crippen LogP contribution in [0.25, 0.3) is 5.82 Å². The highest BCUT2D eigenvalue weighted by molar-refractivity contribution is 6.33. The van der Waals surface area contributed by atoms with E-state index in [1.807, 2.05) is 0 Å². The Morgan fingerprint density at radius 2 is 2.04 bits per heavy atom. The topological polar surface area (TPSA) is 77.9 Å². The van der Waals surface area contributed by atoms with Gasteiger partial charge in [-0.15, -0.1) is 0 Å². The molecule has 28 heavy (non-hydrogen) atoms. The molecule has 0 saturated carbocycles. The average Bonchev–Trinajstić information content (AvgIpc) is 3.19. The zero-order chi connectivity index (χ0) is 20.4. The molecule has 0 aliphatic carbocycles. The third kappa shape index (κ3) is 4.19. The lowest BCUT2D eigenvalue weighted by Crippen LogP contribution is -2.41. The molecular formula is C18H17Cl2F2N5O. The van der Waals surface area contributed by atoms with E-state index in [1.54, 1.807) is 11.6 Å². The SMILES string of the molecule is Cn1ncc(Cl)c1-n1cc(C(=O)N[C@H](CN)Cc2ccc(F)c(F)c2)cc1Cl. The van der Waals surface area contributed by atoms with E-state index in [4.69, 9.17) is 28.9 Å². The van der Waals surface area contributed by atoms with Gasteiger partial charge in [0.2, 0.25) is 0 Å². The van der Waals surface area contributed by atoms with E-state index in [0.717, 1.165) is 12.1 Å². The summed E-state index contributed by atoms with van der Waals surface area (Å²) in [6.45, 7) is 0.118. The van der Waals surface area contributed by atoms with Crippen LogP contribution < -0.4 is 11.1 Å². The number of aromatic nitrogens is 3. The number of nitrogens with two attached hydrogens (primary N) is 1. The van der Waals surface area contributed by atoms with Crippen molar-refractivity contribution in [3.05, 3.63) is 69.6 Å². The smallest absolute Gasteiger partial charge is 0.253 e. The van der Waals surface area contributed by atoms with Gasteiger partial charge in [-0.3, -0.25) is 14.0 Å². The Morgan fingerprint density at radius 1 is 1.29 bits per heavy atom. The molecule has 0 fully saturated rings. The third-order valence-corrected chi connectivity index (χ3v) is 4.77. The number of hydrogen-bond donors (Lipinski definition) is 2. The molecule has 10 heteroatoms. The van der Waals surface area contributed by atoms with Crippen molar-refractivity contribution < 1.29 is 13.6 Å². The summed E-state index contributed by atoms with van der Waals surface area (Å²) in [4.78, 5) is 12.6. The van der Waals surface area contributed by atoms with Crippen molar-refractivity contribution in [1.82, 2.24) is 19.7 Å². The fourth-order valence-electron chi connectivity index (χ4n) is 2.81. The molecule has 0 radical (unpaired) electrons. The van der Waals surface area contributed by atoms with Crippen LogP contribution in [0, 0.1) is 11.6 Å². The van der Waals surface area contributed by atoms with E-state index < -0.39 is 23.6 Å². The van der Waals surface area contributed by atoms with Crippen LogP contribution in [0.3, 0.4) is 0 Å². The lowest BCUT2D eigenvalue weighted by molar-refractivity contribution is 0.0938. The summed E-state index contributed by atoms with van der Waals surface area (Å²) < 4.78 is 29.5. The van der Waals surface area contributed by atoms with Gasteiger partial charge in [0.05, 0.1) is 11.8 Å². The molecule has 2 aromatic heterocycles. The second kappa shape index (κ2) is 8.30. The zero-order valence-corrected chi connectivity index (χ0v) is 16.3. The first kappa shape index (κ1) is 20.3. The Kier molecular flexibility index (Phi) is 6.02. The van der Waals surface area contributed by atoms with Gasteiger partial charge in [0.1, 0.15) is 10.2 Å². The molecule has 0 aliphatic heterocycles. The standard InChI is InChI=1S/C18H17Cl2F2N5O/c1-26-18(13(19)8-24-26)27-9-11(6-16(27)20)17(28)25-12(7-23)4-10-2-3-14(21)15(22)5-10/h2-3,5-6,8-9,12H,4,7,23H2,1H3,(H,25,28)/t12-/m0/s1. The maximum atomic E-state index is 13.4. The predicted octanol–water partition coefficient (Wildman–Crippen LogP) is 3.10. The number of rotatable bonds is 6. The Bertz CT molecular complexity index is 998. The fourth-order valence-corrected chi connectivity index (χ4v) is 3.31. The summed E-state index contributed by atoms with van der Waals surface area (Å²) in [5.41, 5.74) is 6.54. The van der Waals surface area contributed by atoms with E-state index in [1.165, 1.54) is 29.2 Å². The van der Waals surface area contributed by atoms with Crippen LogP contribution in [0.4, 0.5) is 8.78 Å². The number of carbonyl (C=O) groups is 1. The van der Waals surface area contributed by atoms with Crippen LogP contribution in [-0.4, -0.2) is 32.8 Å². The molecule has 3 N–H and O–H groups in total. The molecule has 1 aromatic carbocycles. The molecular weight excluding hydrogens is 411 g/mol. The monoisotopic (exact) mass is 427 g/mol. The van der Waals surface area contributed by atoms with Gasteiger partial charge in [-0.2, -0.15) is 5.10 Å². The van der Waals surface area contributed by atoms with Gasteiger partial charge in [-0.25, -0.2) is 8.78 Å². The summed E-state index contributed by atoms with van der Waals surface area (Å²) in [6, 6.07) is 4.59. The van der Waals surface area contributed by atoms with E-state index in [-0.39, 0.29) is 18.1 Å². The van der Waals surface area contributed by atoms with E-state index >= 15 is 0 Å². The summed E-state index contributed by atoms with van der Waals surface area (Å²) in [5, 5.41) is 7.47. The van der Waals surface area contributed by atoms with Gasteiger partial charge in [0, 0.05) is 25.8 Å². The van der Waals surface area contributed by atoms with Gasteiger partial charge in [-0.05, 0) is 30.2 Å². The molecule has 0 aliphatic rings. The van der Waals surface area contributed by atoms with Crippen LogP contribution in [-0.2, 0) is 13.5 Å². The molecule has 0 spiro atoms. The summed E-state index contributed by atoms with van der Waals surface area (Å²) in [6.07, 6.45) is 3.26. The average molecular weight is 428 g/mol. The lowest BCUT2D eigenvalue weighted by atomic mass is 10.1. The van der Waals surface area contributed by atoms with Gasteiger partial charge in [-0.1, -0.05) is 29.3 Å². The molecule has 148 valence electrons. The van der Waals surface area contributed by atoms with Crippen molar-refractivity contribution >= 4 is 29.1 Å². The number of nitrogens with one attached hydrogen (secondary N) is 1. The molecule has 1 atom stereocenters. The minimum absolute atomic E-state index is 0.118. The normalized spacial score (nSPS) is 12.2. The molecule has 3 aromatic rings. The Labute approximate surface area is 169 Å². The maximum absolute atomic E-state index is 13.4. The molecule has 0 saturated heterocycles. The van der Waals surface area contributed by atoms with Crippen LogP contribution in [0.5, 0.6) is 0 Å². The summed E-state index contributed by atoms with van der Waals surface area (Å²) in [7, 11) is 1.70. The molecule has 0 bridgehead atoms. The third-order valence-electron chi connectivity index (χ3n) is 4.21. The van der Waals surface area contributed by atoms with Crippen molar-refractivity contribution in [1.29, 1.82) is 0 Å². The van der Waals surface area contributed by atoms with Crippen molar-refractivity contribution in [3.63, 3.8) is 0 Å². The largest absolute Gasteiger partial charge is 0.348 e. The number of aryl methyl sites for hydroxylation is 1. The van der Waals surface area contributed by atoms with Gasteiger partial charge in [0.25, 0.3) is 5.91 Å². The van der Waals surface area contributed by atoms with Crippen molar-refractivity contribution in [3.8, 4) is 5.82 Å². The Hall–Kier alpha value is -2.42. The van der Waals surface area contributed by atoms with Gasteiger partial charge >= 0.3 is 0 Å². The van der Waals surface area contributed by atoms with Gasteiger partial charge < -0.3 is 11.1 Å². The first-order chi connectivity index (χ1) is 13.3. The Morgan fingerprint density at radius 3 is 2.64 bits per heavy atom. The number of hydrogen-bond acceptors (Lipinski definition) is 3. The first-order valence-corrected chi connectivity index (χ1v) is 9.06. The van der Waals surface area contributed by atoms with E-state index in [2.05, 4.69) is 10.4 Å². The number of amides is 1. The number of halogens is 4. The van der Waals surface area contributed by atoms with Crippen molar-refractivity contribution in [2.24, 2.45) is 12.8 Å². The van der Waals surface area contributed by atoms with Crippen LogP contribution in [0.1, 0.15) is 15.9 Å².